The molecule has 0 spiro atoms. The Balaban J connectivity index is 2.34. The van der Waals surface area contributed by atoms with Crippen LogP contribution in [-0.2, 0) is 6.54 Å². The third-order valence-corrected chi connectivity index (χ3v) is 1.20. The number of nitrogen functional groups attached to an aromatic ring is 1. The Bertz CT molecular complexity index is 258. The van der Waals surface area contributed by atoms with Gasteiger partial charge in [-0.3, -0.25) is 0 Å². The van der Waals surface area contributed by atoms with Gasteiger partial charge < -0.3 is 5.73 Å². The number of rotatable bonds is 3. The summed E-state index contributed by atoms with van der Waals surface area (Å²) in [6.07, 6.45) is 2.79. The molecule has 0 saturated heterocycles. The maximum atomic E-state index is 8.22. The second-order valence-electron chi connectivity index (χ2n) is 2.13. The molecule has 1 aromatic heterocycles. The summed E-state index contributed by atoms with van der Waals surface area (Å²) in [7, 11) is 0. The van der Waals surface area contributed by atoms with E-state index in [0.29, 0.717) is 18.8 Å². The van der Waals surface area contributed by atoms with Crippen molar-refractivity contribution in [1.82, 2.24) is 15.0 Å². The molecule has 1 rings (SSSR count). The standard InChI is InChI=1S/C6H9N5/c7-3-1-2-4-11-9-5-6(8)10-11/h5H,1-2,4H2,(H2,8,10). The maximum Gasteiger partial charge on any atom is 0.165 e. The summed E-state index contributed by atoms with van der Waals surface area (Å²) in [6, 6.07) is 2.04. The number of aromatic nitrogens is 3. The van der Waals surface area contributed by atoms with Crippen LogP contribution in [0.15, 0.2) is 6.20 Å². The SMILES string of the molecule is N#CCCCn1ncc(N)n1. The molecular weight excluding hydrogens is 142 g/mol. The summed E-state index contributed by atoms with van der Waals surface area (Å²) in [6.45, 7) is 0.658. The van der Waals surface area contributed by atoms with Crippen LogP contribution in [0.3, 0.4) is 0 Å². The van der Waals surface area contributed by atoms with E-state index in [1.54, 1.807) is 0 Å². The van der Waals surface area contributed by atoms with Crippen molar-refractivity contribution in [3.8, 4) is 6.07 Å². The number of hydrogen-bond donors (Lipinski definition) is 1. The fourth-order valence-corrected chi connectivity index (χ4v) is 0.718. The molecule has 0 unspecified atom stereocenters. The first kappa shape index (κ1) is 7.54. The van der Waals surface area contributed by atoms with Crippen molar-refractivity contribution < 1.29 is 0 Å². The molecule has 0 aliphatic rings. The van der Waals surface area contributed by atoms with E-state index >= 15 is 0 Å². The summed E-state index contributed by atoms with van der Waals surface area (Å²) < 4.78 is 0. The molecule has 5 nitrogen and oxygen atoms in total. The molecule has 0 saturated carbocycles. The van der Waals surface area contributed by atoms with Gasteiger partial charge in [0.2, 0.25) is 0 Å². The van der Waals surface area contributed by atoms with Gasteiger partial charge in [-0.1, -0.05) is 0 Å². The molecule has 11 heavy (non-hydrogen) atoms. The van der Waals surface area contributed by atoms with Crippen LogP contribution in [0, 0.1) is 11.3 Å². The lowest BCUT2D eigenvalue weighted by Gasteiger charge is -1.93. The molecule has 0 aliphatic carbocycles. The molecular formula is C6H9N5. The van der Waals surface area contributed by atoms with Crippen LogP contribution < -0.4 is 5.73 Å². The van der Waals surface area contributed by atoms with Gasteiger partial charge in [0.15, 0.2) is 5.82 Å². The van der Waals surface area contributed by atoms with Gasteiger partial charge in [0.05, 0.1) is 18.8 Å². The molecule has 0 aliphatic heterocycles. The van der Waals surface area contributed by atoms with Crippen LogP contribution in [-0.4, -0.2) is 15.0 Å². The van der Waals surface area contributed by atoms with Crippen molar-refractivity contribution in [2.24, 2.45) is 0 Å². The summed E-state index contributed by atoms with van der Waals surface area (Å²) in [5.41, 5.74) is 5.32. The van der Waals surface area contributed by atoms with Gasteiger partial charge in [-0.15, -0.1) is 5.10 Å². The highest BCUT2D eigenvalue weighted by Crippen LogP contribution is 1.94. The Morgan fingerprint density at radius 2 is 2.55 bits per heavy atom. The molecule has 5 heteroatoms. The first-order chi connectivity index (χ1) is 5.33. The minimum atomic E-state index is 0.418. The number of hydrogen-bond acceptors (Lipinski definition) is 4. The quantitative estimate of drug-likeness (QED) is 0.624. The van der Waals surface area contributed by atoms with Crippen LogP contribution in [0.2, 0.25) is 0 Å². The molecule has 58 valence electrons. The molecule has 1 aromatic rings. The van der Waals surface area contributed by atoms with E-state index in [0.717, 1.165) is 6.42 Å². The summed E-state index contributed by atoms with van der Waals surface area (Å²) in [5.74, 6) is 0.418. The highest BCUT2D eigenvalue weighted by Gasteiger charge is 1.94. The molecule has 0 amide bonds. The fraction of sp³-hybridized carbons (Fsp3) is 0.500. The van der Waals surface area contributed by atoms with Crippen LogP contribution >= 0.6 is 0 Å². The Morgan fingerprint density at radius 1 is 1.73 bits per heavy atom. The molecule has 0 atom stereocenters. The van der Waals surface area contributed by atoms with Gasteiger partial charge in [-0.25, -0.2) is 0 Å². The van der Waals surface area contributed by atoms with Crippen LogP contribution in [0.4, 0.5) is 5.82 Å². The van der Waals surface area contributed by atoms with Crippen molar-refractivity contribution in [2.45, 2.75) is 19.4 Å². The minimum Gasteiger partial charge on any atom is -0.381 e. The number of anilines is 1. The zero-order chi connectivity index (χ0) is 8.10. The van der Waals surface area contributed by atoms with Crippen molar-refractivity contribution in [3.63, 3.8) is 0 Å². The van der Waals surface area contributed by atoms with Crippen LogP contribution in [0.1, 0.15) is 12.8 Å². The van der Waals surface area contributed by atoms with Gasteiger partial charge in [-0.2, -0.15) is 15.2 Å². The normalized spacial score (nSPS) is 9.36. The van der Waals surface area contributed by atoms with E-state index in [4.69, 9.17) is 11.0 Å². The largest absolute Gasteiger partial charge is 0.381 e. The van der Waals surface area contributed by atoms with Crippen LogP contribution in [0.25, 0.3) is 0 Å². The zero-order valence-corrected chi connectivity index (χ0v) is 6.06. The zero-order valence-electron chi connectivity index (χ0n) is 6.06. The van der Waals surface area contributed by atoms with E-state index in [2.05, 4.69) is 10.2 Å². The van der Waals surface area contributed by atoms with E-state index in [1.807, 2.05) is 6.07 Å². The van der Waals surface area contributed by atoms with Crippen molar-refractivity contribution >= 4 is 5.82 Å². The second kappa shape index (κ2) is 3.56. The average molecular weight is 151 g/mol. The number of aryl methyl sites for hydroxylation is 1. The number of nitrogens with zero attached hydrogens (tertiary/aromatic N) is 4. The molecule has 2 N–H and O–H groups in total. The Morgan fingerprint density at radius 3 is 3.09 bits per heavy atom. The predicted molar refractivity (Wildman–Crippen MR) is 39.3 cm³/mol. The topological polar surface area (TPSA) is 80.5 Å². The summed E-state index contributed by atoms with van der Waals surface area (Å²) in [5, 5.41) is 15.9. The van der Waals surface area contributed by atoms with E-state index < -0.39 is 0 Å². The lowest BCUT2D eigenvalue weighted by molar-refractivity contribution is 0.518. The van der Waals surface area contributed by atoms with Gasteiger partial charge in [0, 0.05) is 6.42 Å². The molecule has 0 aromatic carbocycles. The second-order valence-corrected chi connectivity index (χ2v) is 2.13. The highest BCUT2D eigenvalue weighted by molar-refractivity contribution is 5.19. The minimum absolute atomic E-state index is 0.418. The lowest BCUT2D eigenvalue weighted by atomic mass is 10.3. The molecule has 0 bridgehead atoms. The van der Waals surface area contributed by atoms with Gasteiger partial charge in [0.25, 0.3) is 0 Å². The smallest absolute Gasteiger partial charge is 0.165 e. The fourth-order valence-electron chi connectivity index (χ4n) is 0.718. The maximum absolute atomic E-state index is 8.22. The third kappa shape index (κ3) is 2.26. The van der Waals surface area contributed by atoms with E-state index in [-0.39, 0.29) is 0 Å². The van der Waals surface area contributed by atoms with Crippen molar-refractivity contribution in [3.05, 3.63) is 6.20 Å². The van der Waals surface area contributed by atoms with Crippen molar-refractivity contribution in [2.75, 3.05) is 5.73 Å². The Labute approximate surface area is 64.4 Å². The van der Waals surface area contributed by atoms with Crippen LogP contribution in [0.5, 0.6) is 0 Å². The molecule has 1 heterocycles. The van der Waals surface area contributed by atoms with Gasteiger partial charge >= 0.3 is 0 Å². The number of unbranched alkanes of at least 4 members (excludes halogenated alkanes) is 1. The predicted octanol–water partition coefficient (Wildman–Crippen LogP) is 0.164. The first-order valence-corrected chi connectivity index (χ1v) is 3.35. The summed E-state index contributed by atoms with van der Waals surface area (Å²) >= 11 is 0. The number of nitriles is 1. The first-order valence-electron chi connectivity index (χ1n) is 3.35. The van der Waals surface area contributed by atoms with E-state index in [9.17, 15) is 0 Å². The monoisotopic (exact) mass is 151 g/mol. The third-order valence-electron chi connectivity index (χ3n) is 1.20. The molecule has 0 radical (unpaired) electrons. The number of nitrogens with two attached hydrogens (primary N) is 1. The van der Waals surface area contributed by atoms with Gasteiger partial charge in [-0.05, 0) is 6.42 Å². The lowest BCUT2D eigenvalue weighted by Crippen LogP contribution is -2.02. The van der Waals surface area contributed by atoms with Crippen molar-refractivity contribution in [1.29, 1.82) is 5.26 Å². The Hall–Kier alpha value is -1.57. The summed E-state index contributed by atoms with van der Waals surface area (Å²) in [4.78, 5) is 1.49. The average Bonchev–Trinajstić information content (AvgIpc) is 2.37. The molecule has 0 fully saturated rings. The Kier molecular flexibility index (Phi) is 2.44. The van der Waals surface area contributed by atoms with Gasteiger partial charge in [0.1, 0.15) is 0 Å². The van der Waals surface area contributed by atoms with E-state index in [1.165, 1.54) is 11.0 Å². The highest BCUT2D eigenvalue weighted by atomic mass is 15.5.